The minimum atomic E-state index is -0.317. The van der Waals surface area contributed by atoms with Gasteiger partial charge >= 0.3 is 0 Å². The Kier molecular flexibility index (Phi) is 6.23. The summed E-state index contributed by atoms with van der Waals surface area (Å²) < 4.78 is 4.16. The zero-order valence-corrected chi connectivity index (χ0v) is 18.7. The molecule has 4 rings (SSSR count). The van der Waals surface area contributed by atoms with Crippen LogP contribution >= 0.6 is 35.3 Å². The normalized spacial score (nSPS) is 16.2. The van der Waals surface area contributed by atoms with Gasteiger partial charge in [-0.1, -0.05) is 60.6 Å². The van der Waals surface area contributed by atoms with Gasteiger partial charge in [-0.2, -0.15) is 0 Å². The molecule has 2 aromatic carbocycles. The number of carbonyl (C=O) groups is 1. The van der Waals surface area contributed by atoms with Gasteiger partial charge in [0.15, 0.2) is 11.0 Å². The van der Waals surface area contributed by atoms with E-state index in [0.717, 1.165) is 40.9 Å². The maximum atomic E-state index is 13.7. The molecule has 3 aromatic rings. The van der Waals surface area contributed by atoms with Crippen LogP contribution in [-0.4, -0.2) is 27.6 Å². The first-order valence-corrected chi connectivity index (χ1v) is 11.9. The predicted octanol–water partition coefficient (Wildman–Crippen LogP) is 6.44. The second kappa shape index (κ2) is 8.86. The van der Waals surface area contributed by atoms with Crippen LogP contribution in [0.2, 0.25) is 5.02 Å². The van der Waals surface area contributed by atoms with Crippen LogP contribution in [0.4, 0.5) is 5.82 Å². The second-order valence-corrected chi connectivity index (χ2v) is 9.30. The van der Waals surface area contributed by atoms with Gasteiger partial charge in [-0.05, 0) is 55.1 Å². The molecular weight excluding hydrogens is 422 g/mol. The number of carbonyl (C=O) groups excluding carboxylic acids is 1. The zero-order valence-electron chi connectivity index (χ0n) is 16.3. The van der Waals surface area contributed by atoms with Crippen molar-refractivity contribution in [2.45, 2.75) is 30.7 Å². The van der Waals surface area contributed by atoms with Gasteiger partial charge in [0.25, 0.3) is 0 Å². The molecule has 4 nitrogen and oxygen atoms in total. The molecule has 1 aliphatic rings. The van der Waals surface area contributed by atoms with Crippen LogP contribution in [0.25, 0.3) is 5.69 Å². The van der Waals surface area contributed by atoms with Gasteiger partial charge in [-0.15, -0.1) is 0 Å². The standard InChI is InChI=1S/C22H22ClN3OS2/c1-3-14-28-22-24-21-18(26(22)17-8-6-5-7-9-17)19(27)20(29-25(21)4-2)15-10-12-16(23)13-11-15/h5-13,20H,3-4,14H2,1-2H3. The van der Waals surface area contributed by atoms with Gasteiger partial charge in [-0.25, -0.2) is 4.98 Å². The third-order valence-electron chi connectivity index (χ3n) is 4.68. The fourth-order valence-electron chi connectivity index (χ4n) is 3.31. The predicted molar refractivity (Wildman–Crippen MR) is 124 cm³/mol. The monoisotopic (exact) mass is 443 g/mol. The highest BCUT2D eigenvalue weighted by atomic mass is 35.5. The number of fused-ring (bicyclic) bond motifs is 1. The highest BCUT2D eigenvalue weighted by Gasteiger charge is 2.39. The molecule has 1 atom stereocenters. The Morgan fingerprint density at radius 1 is 1.10 bits per heavy atom. The minimum Gasteiger partial charge on any atom is -0.298 e. The number of thioether (sulfide) groups is 1. The fourth-order valence-corrected chi connectivity index (χ4v) is 5.42. The molecule has 0 bridgehead atoms. The van der Waals surface area contributed by atoms with Gasteiger partial charge in [0.1, 0.15) is 10.9 Å². The number of rotatable bonds is 6. The summed E-state index contributed by atoms with van der Waals surface area (Å²) in [6.45, 7) is 5.00. The van der Waals surface area contributed by atoms with E-state index in [1.807, 2.05) is 59.2 Å². The second-order valence-electron chi connectivity index (χ2n) is 6.68. The van der Waals surface area contributed by atoms with E-state index in [-0.39, 0.29) is 11.0 Å². The van der Waals surface area contributed by atoms with Crippen molar-refractivity contribution in [2.75, 3.05) is 16.6 Å². The smallest absolute Gasteiger partial charge is 0.202 e. The molecule has 0 aliphatic carbocycles. The summed E-state index contributed by atoms with van der Waals surface area (Å²) in [5.74, 6) is 1.79. The molecule has 0 saturated heterocycles. The van der Waals surface area contributed by atoms with Gasteiger partial charge < -0.3 is 0 Å². The first kappa shape index (κ1) is 20.4. The Morgan fingerprint density at radius 3 is 2.48 bits per heavy atom. The molecule has 1 aliphatic heterocycles. The molecule has 29 heavy (non-hydrogen) atoms. The third kappa shape index (κ3) is 3.93. The SMILES string of the molecule is CCCSc1nc2c(n1-c1ccccc1)C(=O)C(c1ccc(Cl)cc1)SN2CC. The molecule has 0 amide bonds. The maximum Gasteiger partial charge on any atom is 0.202 e. The Balaban J connectivity index is 1.87. The lowest BCUT2D eigenvalue weighted by atomic mass is 10.1. The van der Waals surface area contributed by atoms with E-state index in [2.05, 4.69) is 18.2 Å². The van der Waals surface area contributed by atoms with E-state index in [9.17, 15) is 4.79 Å². The van der Waals surface area contributed by atoms with Crippen LogP contribution in [-0.2, 0) is 0 Å². The lowest BCUT2D eigenvalue weighted by molar-refractivity contribution is 0.0981. The van der Waals surface area contributed by atoms with Crippen LogP contribution in [0.5, 0.6) is 0 Å². The summed E-state index contributed by atoms with van der Waals surface area (Å²) in [5, 5.41) is 1.22. The van der Waals surface area contributed by atoms with Crippen molar-refractivity contribution in [3.63, 3.8) is 0 Å². The van der Waals surface area contributed by atoms with Crippen molar-refractivity contribution in [1.82, 2.24) is 9.55 Å². The Labute approximate surface area is 184 Å². The molecule has 7 heteroatoms. The summed E-state index contributed by atoms with van der Waals surface area (Å²) in [4.78, 5) is 18.6. The highest BCUT2D eigenvalue weighted by molar-refractivity contribution is 8.01. The Hall–Kier alpha value is -1.89. The average molecular weight is 444 g/mol. The summed E-state index contributed by atoms with van der Waals surface area (Å²) >= 11 is 9.30. The molecule has 1 aromatic heterocycles. The third-order valence-corrected chi connectivity index (χ3v) is 7.46. The number of imidazole rings is 1. The Morgan fingerprint density at radius 2 is 1.83 bits per heavy atom. The van der Waals surface area contributed by atoms with Crippen LogP contribution in [0.1, 0.15) is 41.6 Å². The van der Waals surface area contributed by atoms with Gasteiger partial charge in [0.05, 0.1) is 0 Å². The molecule has 0 fully saturated rings. The summed E-state index contributed by atoms with van der Waals surface area (Å²) in [5.41, 5.74) is 2.58. The molecule has 0 radical (unpaired) electrons. The summed E-state index contributed by atoms with van der Waals surface area (Å²) in [7, 11) is 0. The average Bonchev–Trinajstić information content (AvgIpc) is 3.14. The zero-order chi connectivity index (χ0) is 20.4. The van der Waals surface area contributed by atoms with Crippen LogP contribution in [0.3, 0.4) is 0 Å². The summed E-state index contributed by atoms with van der Waals surface area (Å²) in [6.07, 6.45) is 1.05. The van der Waals surface area contributed by atoms with Gasteiger partial charge in [0, 0.05) is 23.0 Å². The lowest BCUT2D eigenvalue weighted by Gasteiger charge is -2.30. The van der Waals surface area contributed by atoms with Crippen LogP contribution in [0, 0.1) is 0 Å². The van der Waals surface area contributed by atoms with E-state index in [4.69, 9.17) is 16.6 Å². The van der Waals surface area contributed by atoms with Crippen LogP contribution < -0.4 is 4.31 Å². The van der Waals surface area contributed by atoms with Crippen molar-refractivity contribution in [3.05, 3.63) is 70.9 Å². The van der Waals surface area contributed by atoms with E-state index in [1.165, 1.54) is 11.9 Å². The molecule has 0 N–H and O–H groups in total. The van der Waals surface area contributed by atoms with Gasteiger partial charge in [-0.3, -0.25) is 13.7 Å². The number of halogens is 1. The maximum absolute atomic E-state index is 13.7. The molecule has 0 saturated carbocycles. The molecule has 150 valence electrons. The number of anilines is 1. The van der Waals surface area contributed by atoms with E-state index in [1.54, 1.807) is 11.8 Å². The fraction of sp³-hybridized carbons (Fsp3) is 0.273. The molecular formula is C22H22ClN3OS2. The Bertz CT molecular complexity index is 1000. The van der Waals surface area contributed by atoms with Gasteiger partial charge in [0.2, 0.25) is 5.78 Å². The number of hydrogen-bond donors (Lipinski definition) is 0. The van der Waals surface area contributed by atoms with Crippen molar-refractivity contribution in [3.8, 4) is 5.69 Å². The quantitative estimate of drug-likeness (QED) is 0.323. The van der Waals surface area contributed by atoms with E-state index >= 15 is 0 Å². The van der Waals surface area contributed by atoms with Crippen LogP contribution in [0.15, 0.2) is 59.8 Å². The molecule has 2 heterocycles. The highest BCUT2D eigenvalue weighted by Crippen LogP contribution is 2.46. The number of nitrogens with zero attached hydrogens (tertiary/aromatic N) is 3. The molecule has 0 spiro atoms. The lowest BCUT2D eigenvalue weighted by Crippen LogP contribution is -2.29. The number of para-hydroxylation sites is 1. The topological polar surface area (TPSA) is 38.1 Å². The van der Waals surface area contributed by atoms with Crippen molar-refractivity contribution in [2.24, 2.45) is 0 Å². The van der Waals surface area contributed by atoms with E-state index < -0.39 is 0 Å². The number of Topliss-reactive ketones (excluding diaryl/α,β-unsaturated/α-hetero) is 1. The number of ketones is 1. The molecule has 1 unspecified atom stereocenters. The first-order valence-electron chi connectivity index (χ1n) is 9.69. The number of hydrogen-bond acceptors (Lipinski definition) is 5. The van der Waals surface area contributed by atoms with Crippen molar-refractivity contribution >= 4 is 46.9 Å². The van der Waals surface area contributed by atoms with Crippen molar-refractivity contribution in [1.29, 1.82) is 0 Å². The minimum absolute atomic E-state index is 0.0803. The number of benzene rings is 2. The van der Waals surface area contributed by atoms with Crippen molar-refractivity contribution < 1.29 is 4.79 Å². The summed E-state index contributed by atoms with van der Waals surface area (Å²) in [6, 6.07) is 17.6. The van der Waals surface area contributed by atoms with E-state index in [0.29, 0.717) is 10.7 Å². The number of aromatic nitrogens is 2. The first-order chi connectivity index (χ1) is 14.1. The largest absolute Gasteiger partial charge is 0.298 e.